The van der Waals surface area contributed by atoms with Crippen LogP contribution in [0.4, 0.5) is 13.2 Å². The number of hydrogen-bond acceptors (Lipinski definition) is 4. The van der Waals surface area contributed by atoms with Crippen LogP contribution < -0.4 is 14.9 Å². The highest BCUT2D eigenvalue weighted by atomic mass is 127. The van der Waals surface area contributed by atoms with Crippen molar-refractivity contribution in [3.63, 3.8) is 0 Å². The van der Waals surface area contributed by atoms with E-state index < -0.39 is 17.6 Å². The lowest BCUT2D eigenvalue weighted by molar-refractivity contribution is -0.137. The minimum atomic E-state index is -4.46. The number of rotatable bonds is 7. The summed E-state index contributed by atoms with van der Waals surface area (Å²) >= 11 is 2.05. The van der Waals surface area contributed by atoms with Gasteiger partial charge in [0.15, 0.2) is 11.5 Å². The van der Waals surface area contributed by atoms with E-state index in [1.165, 1.54) is 25.5 Å². The Hall–Kier alpha value is -2.74. The minimum Gasteiger partial charge on any atom is -0.493 e. The van der Waals surface area contributed by atoms with E-state index in [-0.39, 0.29) is 18.6 Å². The van der Waals surface area contributed by atoms with Crippen LogP contribution >= 0.6 is 22.6 Å². The van der Waals surface area contributed by atoms with Crippen molar-refractivity contribution in [1.29, 1.82) is 0 Å². The van der Waals surface area contributed by atoms with E-state index in [1.54, 1.807) is 12.1 Å². The van der Waals surface area contributed by atoms with Crippen LogP contribution in [0.5, 0.6) is 11.5 Å². The molecule has 5 nitrogen and oxygen atoms in total. The zero-order valence-corrected chi connectivity index (χ0v) is 17.4. The highest BCUT2D eigenvalue weighted by Gasteiger charge is 2.30. The van der Waals surface area contributed by atoms with E-state index in [0.29, 0.717) is 17.1 Å². The largest absolute Gasteiger partial charge is 0.493 e. The molecule has 0 spiro atoms. The number of alkyl halides is 3. The van der Waals surface area contributed by atoms with E-state index in [4.69, 9.17) is 15.9 Å². The summed E-state index contributed by atoms with van der Waals surface area (Å²) in [6, 6.07) is 7.98. The van der Waals surface area contributed by atoms with Crippen LogP contribution in [0.25, 0.3) is 0 Å². The van der Waals surface area contributed by atoms with Gasteiger partial charge >= 0.3 is 6.18 Å². The van der Waals surface area contributed by atoms with Crippen LogP contribution in [-0.4, -0.2) is 25.8 Å². The van der Waals surface area contributed by atoms with Gasteiger partial charge in [0.1, 0.15) is 6.61 Å². The predicted octanol–water partition coefficient (Wildman–Crippen LogP) is 4.02. The molecule has 1 amide bonds. The van der Waals surface area contributed by atoms with Crippen LogP contribution in [0.1, 0.15) is 16.7 Å². The number of terminal acetylenes is 1. The Bertz CT molecular complexity index is 953. The summed E-state index contributed by atoms with van der Waals surface area (Å²) in [7, 11) is 1.48. The lowest BCUT2D eigenvalue weighted by Gasteiger charge is -2.11. The van der Waals surface area contributed by atoms with Crippen molar-refractivity contribution < 1.29 is 27.4 Å². The second-order valence-corrected chi connectivity index (χ2v) is 6.86. The number of methoxy groups -OCH3 is 1. The van der Waals surface area contributed by atoms with Gasteiger partial charge in [-0.3, -0.25) is 4.79 Å². The number of amides is 1. The average Bonchev–Trinajstić information content (AvgIpc) is 2.66. The van der Waals surface area contributed by atoms with Crippen molar-refractivity contribution >= 4 is 34.7 Å². The molecule has 0 aliphatic carbocycles. The van der Waals surface area contributed by atoms with Crippen molar-refractivity contribution in [3.8, 4) is 23.8 Å². The molecule has 0 saturated carbocycles. The van der Waals surface area contributed by atoms with Crippen molar-refractivity contribution in [2.75, 3.05) is 13.7 Å². The molecule has 0 aromatic heterocycles. The molecule has 1 N–H and O–H groups in total. The molecule has 2 aromatic carbocycles. The fourth-order valence-corrected chi connectivity index (χ4v) is 3.11. The van der Waals surface area contributed by atoms with Gasteiger partial charge in [-0.2, -0.15) is 18.3 Å². The predicted molar refractivity (Wildman–Crippen MR) is 111 cm³/mol. The van der Waals surface area contributed by atoms with Crippen LogP contribution in [0.3, 0.4) is 0 Å². The highest BCUT2D eigenvalue weighted by molar-refractivity contribution is 14.1. The molecule has 9 heteroatoms. The second kappa shape index (κ2) is 10.2. The molecule has 0 atom stereocenters. The first kappa shape index (κ1) is 22.5. The molecule has 0 bridgehead atoms. The molecule has 2 rings (SSSR count). The van der Waals surface area contributed by atoms with Gasteiger partial charge in [0.25, 0.3) is 0 Å². The quantitative estimate of drug-likeness (QED) is 0.262. The molecule has 0 aliphatic heterocycles. The maximum absolute atomic E-state index is 12.7. The topological polar surface area (TPSA) is 59.9 Å². The Morgan fingerprint density at radius 1 is 1.34 bits per heavy atom. The van der Waals surface area contributed by atoms with Crippen molar-refractivity contribution in [2.24, 2.45) is 5.10 Å². The van der Waals surface area contributed by atoms with Gasteiger partial charge in [0, 0.05) is 0 Å². The van der Waals surface area contributed by atoms with Crippen molar-refractivity contribution in [1.82, 2.24) is 5.43 Å². The third kappa shape index (κ3) is 6.67. The van der Waals surface area contributed by atoms with Crippen molar-refractivity contribution in [3.05, 3.63) is 56.7 Å². The van der Waals surface area contributed by atoms with E-state index in [0.717, 1.165) is 15.7 Å². The number of carbonyl (C=O) groups excluding carboxylic acids is 1. The summed E-state index contributed by atoms with van der Waals surface area (Å²) in [6.07, 6.45) is 1.88. The standard InChI is InChI=1S/C20H16F3IN2O3/c1-3-7-29-19-16(24)9-14(10-17(19)28-2)12-25-26-18(27)11-13-5-4-6-15(8-13)20(21,22)23/h1,4-6,8-10,12H,7,11H2,2H3,(H,26,27). The summed E-state index contributed by atoms with van der Waals surface area (Å²) in [5, 5.41) is 3.84. The van der Waals surface area contributed by atoms with Gasteiger partial charge in [0.2, 0.25) is 5.91 Å². The summed E-state index contributed by atoms with van der Waals surface area (Å²) in [4.78, 5) is 12.0. The fourth-order valence-electron chi connectivity index (χ4n) is 2.33. The summed E-state index contributed by atoms with van der Waals surface area (Å²) in [5.74, 6) is 2.77. The molecule has 2 aromatic rings. The number of hydrogen-bond donors (Lipinski definition) is 1. The van der Waals surface area contributed by atoms with Crippen LogP contribution in [-0.2, 0) is 17.4 Å². The Morgan fingerprint density at radius 2 is 2.10 bits per heavy atom. The number of ether oxygens (including phenoxy) is 2. The third-order valence-corrected chi connectivity index (χ3v) is 4.37. The second-order valence-electron chi connectivity index (χ2n) is 5.70. The maximum atomic E-state index is 12.7. The zero-order valence-electron chi connectivity index (χ0n) is 15.2. The fraction of sp³-hybridized carbons (Fsp3) is 0.200. The van der Waals surface area contributed by atoms with E-state index in [1.807, 2.05) is 22.6 Å². The van der Waals surface area contributed by atoms with Gasteiger partial charge in [-0.15, -0.1) is 6.42 Å². The Balaban J connectivity index is 2.03. The van der Waals surface area contributed by atoms with Gasteiger partial charge in [0.05, 0.1) is 28.9 Å². The van der Waals surface area contributed by atoms with Crippen LogP contribution in [0, 0.1) is 15.9 Å². The molecule has 0 saturated heterocycles. The smallest absolute Gasteiger partial charge is 0.416 e. The number of nitrogens with one attached hydrogen (secondary N) is 1. The molecule has 0 fully saturated rings. The summed E-state index contributed by atoms with van der Waals surface area (Å²) in [5.41, 5.74) is 2.35. The molecule has 0 radical (unpaired) electrons. The Kier molecular flexibility index (Phi) is 7.90. The average molecular weight is 516 g/mol. The zero-order chi connectivity index (χ0) is 21.4. The Labute approximate surface area is 179 Å². The molecule has 29 heavy (non-hydrogen) atoms. The first-order valence-electron chi connectivity index (χ1n) is 8.16. The summed E-state index contributed by atoms with van der Waals surface area (Å²) < 4.78 is 49.6. The molecule has 152 valence electrons. The van der Waals surface area contributed by atoms with Crippen LogP contribution in [0.15, 0.2) is 41.5 Å². The first-order valence-corrected chi connectivity index (χ1v) is 9.24. The van der Waals surface area contributed by atoms with Gasteiger partial charge in [-0.05, 0) is 51.9 Å². The van der Waals surface area contributed by atoms with E-state index >= 15 is 0 Å². The molecule has 0 aliphatic rings. The number of nitrogens with zero attached hydrogens (tertiary/aromatic N) is 1. The lowest BCUT2D eigenvalue weighted by Crippen LogP contribution is -2.20. The van der Waals surface area contributed by atoms with Crippen molar-refractivity contribution in [2.45, 2.75) is 12.6 Å². The SMILES string of the molecule is C#CCOc1c(I)cc(C=NNC(=O)Cc2cccc(C(F)(F)F)c2)cc1OC. The minimum absolute atomic E-state index is 0.0887. The third-order valence-electron chi connectivity index (χ3n) is 3.57. The number of benzene rings is 2. The highest BCUT2D eigenvalue weighted by Crippen LogP contribution is 2.33. The van der Waals surface area contributed by atoms with Gasteiger partial charge in [-0.1, -0.05) is 24.1 Å². The maximum Gasteiger partial charge on any atom is 0.416 e. The van der Waals surface area contributed by atoms with Gasteiger partial charge < -0.3 is 9.47 Å². The monoisotopic (exact) mass is 516 g/mol. The molecule has 0 heterocycles. The van der Waals surface area contributed by atoms with E-state index in [9.17, 15) is 18.0 Å². The number of halogens is 4. The lowest BCUT2D eigenvalue weighted by atomic mass is 10.1. The number of hydrazone groups is 1. The van der Waals surface area contributed by atoms with Crippen LogP contribution in [0.2, 0.25) is 0 Å². The Morgan fingerprint density at radius 3 is 2.76 bits per heavy atom. The normalized spacial score (nSPS) is 11.2. The molecular weight excluding hydrogens is 500 g/mol. The van der Waals surface area contributed by atoms with E-state index in [2.05, 4.69) is 16.4 Å². The summed E-state index contributed by atoms with van der Waals surface area (Å²) in [6.45, 7) is 0.0887. The first-order chi connectivity index (χ1) is 13.7. The van der Waals surface area contributed by atoms with Gasteiger partial charge in [-0.25, -0.2) is 5.43 Å². The molecule has 0 unspecified atom stereocenters. The molecular formula is C20H16F3IN2O3. The number of carbonyl (C=O) groups is 1.